The molecule has 0 aromatic heterocycles. The van der Waals surface area contributed by atoms with Gasteiger partial charge in [-0.2, -0.15) is 0 Å². The Morgan fingerprint density at radius 1 is 1.34 bits per heavy atom. The molecule has 2 amide bonds. The van der Waals surface area contributed by atoms with E-state index in [1.165, 1.54) is 5.48 Å². The predicted octanol–water partition coefficient (Wildman–Crippen LogP) is 0.0688. The summed E-state index contributed by atoms with van der Waals surface area (Å²) in [6.45, 7) is 2.90. The van der Waals surface area contributed by atoms with Crippen LogP contribution in [0, 0.1) is 17.8 Å². The lowest BCUT2D eigenvalue weighted by atomic mass is 9.71. The van der Waals surface area contributed by atoms with Crippen molar-refractivity contribution >= 4 is 11.8 Å². The lowest BCUT2D eigenvalue weighted by molar-refractivity contribution is -0.132. The number of nitrogens with two attached hydrogens (primary N) is 1. The zero-order valence-electron chi connectivity index (χ0n) is 16.5. The van der Waals surface area contributed by atoms with Gasteiger partial charge in [-0.05, 0) is 62.9 Å². The number of benzene rings is 1. The first-order chi connectivity index (χ1) is 13.6. The summed E-state index contributed by atoms with van der Waals surface area (Å²) in [5, 5.41) is 30.1. The fraction of sp³-hybridized carbons (Fsp3) is 0.429. The molecule has 0 aliphatic heterocycles. The van der Waals surface area contributed by atoms with Crippen LogP contribution in [0.5, 0.6) is 0 Å². The van der Waals surface area contributed by atoms with Gasteiger partial charge in [0.05, 0.1) is 12.2 Å². The zero-order valence-corrected chi connectivity index (χ0v) is 16.5. The number of aliphatic hydroxyl groups excluding tert-OH is 1. The average Bonchev–Trinajstić information content (AvgIpc) is 2.66. The van der Waals surface area contributed by atoms with Gasteiger partial charge in [0.15, 0.2) is 0 Å². The number of hydroxylamine groups is 1. The lowest BCUT2D eigenvalue weighted by Crippen LogP contribution is -2.61. The van der Waals surface area contributed by atoms with Crippen LogP contribution in [0.1, 0.15) is 42.6 Å². The topological polar surface area (TPSA) is 145 Å². The number of allylic oxidation sites excluding steroid dienone is 2. The number of hydrogen-bond acceptors (Lipinski definition) is 6. The zero-order chi connectivity index (χ0) is 21.7. The van der Waals surface area contributed by atoms with Crippen molar-refractivity contribution in [3.05, 3.63) is 47.5 Å². The van der Waals surface area contributed by atoms with E-state index in [1.54, 1.807) is 44.2 Å². The van der Waals surface area contributed by atoms with E-state index in [1.807, 2.05) is 6.08 Å². The van der Waals surface area contributed by atoms with Crippen molar-refractivity contribution in [1.82, 2.24) is 10.8 Å². The molecule has 1 aliphatic carbocycles. The highest BCUT2D eigenvalue weighted by molar-refractivity contribution is 5.97. The van der Waals surface area contributed by atoms with Crippen molar-refractivity contribution in [2.45, 2.75) is 43.9 Å². The molecule has 7 N–H and O–H groups in total. The first-order valence-electron chi connectivity index (χ1n) is 9.23. The van der Waals surface area contributed by atoms with Crippen LogP contribution < -0.4 is 16.5 Å². The highest BCUT2D eigenvalue weighted by Crippen LogP contribution is 2.37. The summed E-state index contributed by atoms with van der Waals surface area (Å²) in [5.41, 5.74) is 6.40. The Balaban J connectivity index is 1.95. The fourth-order valence-electron chi connectivity index (χ4n) is 3.06. The smallest absolute Gasteiger partial charge is 0.267 e. The van der Waals surface area contributed by atoms with Gasteiger partial charge in [-0.1, -0.05) is 17.9 Å². The molecule has 1 atom stereocenters. The first kappa shape index (κ1) is 22.6. The molecule has 0 heterocycles. The molecular weight excluding hydrogens is 374 g/mol. The summed E-state index contributed by atoms with van der Waals surface area (Å²) in [4.78, 5) is 24.1. The van der Waals surface area contributed by atoms with Gasteiger partial charge >= 0.3 is 0 Å². The van der Waals surface area contributed by atoms with Crippen molar-refractivity contribution < 1.29 is 25.0 Å². The van der Waals surface area contributed by atoms with Gasteiger partial charge in [0.1, 0.15) is 6.04 Å². The number of carbonyl (C=O) groups is 2. The molecule has 1 aromatic rings. The van der Waals surface area contributed by atoms with Crippen LogP contribution in [0.25, 0.3) is 0 Å². The van der Waals surface area contributed by atoms with Gasteiger partial charge in [0, 0.05) is 16.7 Å². The molecule has 1 aromatic carbocycles. The number of rotatable bonds is 6. The number of amides is 2. The summed E-state index contributed by atoms with van der Waals surface area (Å²) >= 11 is 0. The van der Waals surface area contributed by atoms with Gasteiger partial charge in [-0.3, -0.25) is 14.8 Å². The third kappa shape index (κ3) is 6.14. The molecule has 1 fully saturated rings. The Kier molecular flexibility index (Phi) is 7.16. The molecular formula is C21H27N3O5. The number of nitrogens with one attached hydrogen (secondary N) is 2. The molecule has 0 radical (unpaired) electrons. The number of hydrogen-bond donors (Lipinski definition) is 6. The van der Waals surface area contributed by atoms with Gasteiger partial charge < -0.3 is 21.3 Å². The van der Waals surface area contributed by atoms with Crippen LogP contribution in [-0.2, 0) is 4.79 Å². The Morgan fingerprint density at radius 2 is 1.97 bits per heavy atom. The number of carbonyl (C=O) groups excluding carboxylic acids is 2. The molecule has 0 saturated heterocycles. The molecule has 29 heavy (non-hydrogen) atoms. The highest BCUT2D eigenvalue weighted by atomic mass is 16.5. The fourth-order valence-corrected chi connectivity index (χ4v) is 3.06. The molecule has 156 valence electrons. The maximum absolute atomic E-state index is 12.4. The van der Waals surface area contributed by atoms with E-state index in [9.17, 15) is 14.7 Å². The molecule has 0 unspecified atom stereocenters. The summed E-state index contributed by atoms with van der Waals surface area (Å²) in [6, 6.07) is 5.40. The quantitative estimate of drug-likeness (QED) is 0.226. The molecule has 0 spiro atoms. The van der Waals surface area contributed by atoms with Crippen LogP contribution in [0.4, 0.5) is 0 Å². The Labute approximate surface area is 169 Å². The van der Waals surface area contributed by atoms with Gasteiger partial charge in [0.2, 0.25) is 0 Å². The monoisotopic (exact) mass is 401 g/mol. The minimum Gasteiger partial charge on any atom is -0.393 e. The van der Waals surface area contributed by atoms with Gasteiger partial charge in [0.25, 0.3) is 11.8 Å². The molecule has 8 heteroatoms. The minimum atomic E-state index is -1.11. The van der Waals surface area contributed by atoms with Crippen molar-refractivity contribution in [3.63, 3.8) is 0 Å². The molecule has 1 saturated carbocycles. The summed E-state index contributed by atoms with van der Waals surface area (Å²) in [5.74, 6) is 4.75. The van der Waals surface area contributed by atoms with Gasteiger partial charge in [-0.15, -0.1) is 0 Å². The van der Waals surface area contributed by atoms with E-state index >= 15 is 0 Å². The van der Waals surface area contributed by atoms with E-state index in [4.69, 9.17) is 16.0 Å². The summed E-state index contributed by atoms with van der Waals surface area (Å²) < 4.78 is 0. The largest absolute Gasteiger partial charge is 0.393 e. The van der Waals surface area contributed by atoms with Crippen molar-refractivity contribution in [2.75, 3.05) is 6.61 Å². The molecule has 2 rings (SSSR count). The second-order valence-electron chi connectivity index (χ2n) is 7.96. The van der Waals surface area contributed by atoms with Gasteiger partial charge in [-0.25, -0.2) is 5.48 Å². The molecule has 8 nitrogen and oxygen atoms in total. The summed E-state index contributed by atoms with van der Waals surface area (Å²) in [7, 11) is 0. The van der Waals surface area contributed by atoms with Crippen LogP contribution in [0.2, 0.25) is 0 Å². The Bertz CT molecular complexity index is 825. The Morgan fingerprint density at radius 3 is 2.48 bits per heavy atom. The average molecular weight is 401 g/mol. The predicted molar refractivity (Wildman–Crippen MR) is 107 cm³/mol. The van der Waals surface area contributed by atoms with Crippen LogP contribution in [0.3, 0.4) is 0 Å². The van der Waals surface area contributed by atoms with Crippen molar-refractivity contribution in [1.29, 1.82) is 0 Å². The van der Waals surface area contributed by atoms with Crippen molar-refractivity contribution in [2.24, 2.45) is 11.7 Å². The van der Waals surface area contributed by atoms with Crippen LogP contribution >= 0.6 is 0 Å². The van der Waals surface area contributed by atoms with E-state index in [0.29, 0.717) is 24.0 Å². The van der Waals surface area contributed by atoms with Crippen LogP contribution in [0.15, 0.2) is 36.4 Å². The maximum atomic E-state index is 12.4. The standard InChI is InChI=1S/C21H27N3O5/c1-20(2,22)17(19(27)24-29)23-18(26)16-9-7-14(8-10-16)5-3-4-6-15-11-21(28,12-15)13-25/h4,6-10,15,17,25,28-29H,11-13,22H2,1-2H3,(H,23,26)(H,24,27)/b6-4+/t15-,17-,21-/m1/s1. The van der Waals surface area contributed by atoms with E-state index in [-0.39, 0.29) is 12.5 Å². The van der Waals surface area contributed by atoms with Crippen LogP contribution in [-0.4, -0.2) is 51.0 Å². The molecule has 1 aliphatic rings. The third-order valence-corrected chi connectivity index (χ3v) is 4.79. The van der Waals surface area contributed by atoms with Crippen molar-refractivity contribution in [3.8, 4) is 11.8 Å². The lowest BCUT2D eigenvalue weighted by Gasteiger charge is -2.40. The number of aliphatic hydroxyl groups is 2. The highest BCUT2D eigenvalue weighted by Gasteiger charge is 2.40. The SMILES string of the molecule is CC(C)(N)[C@H](NC(=O)c1ccc(C#C/C=C/[C@H]2C[C@@](O)(CO)C2)cc1)C(=O)NO. The maximum Gasteiger partial charge on any atom is 0.267 e. The van der Waals surface area contributed by atoms with E-state index in [0.717, 1.165) is 0 Å². The molecule has 0 bridgehead atoms. The first-order valence-corrected chi connectivity index (χ1v) is 9.23. The second-order valence-corrected chi connectivity index (χ2v) is 7.96. The Hall–Kier alpha value is -2.70. The third-order valence-electron chi connectivity index (χ3n) is 4.79. The van der Waals surface area contributed by atoms with E-state index in [2.05, 4.69) is 17.2 Å². The second kappa shape index (κ2) is 9.20. The normalized spacial score (nSPS) is 22.2. The van der Waals surface area contributed by atoms with E-state index < -0.39 is 29.0 Å². The minimum absolute atomic E-state index is 0.211. The summed E-state index contributed by atoms with van der Waals surface area (Å²) in [6.07, 6.45) is 4.67.